The van der Waals surface area contributed by atoms with Gasteiger partial charge < -0.3 is 15.0 Å². The SMILES string of the molecule is CCCCNC(=O)C(CC)N(CCc1ccccc1)C(=O)COc1ccc(C(C)C)cc1. The molecule has 1 unspecified atom stereocenters. The van der Waals surface area contributed by atoms with E-state index in [-0.39, 0.29) is 18.4 Å². The van der Waals surface area contributed by atoms with Crippen molar-refractivity contribution in [1.82, 2.24) is 10.2 Å². The van der Waals surface area contributed by atoms with Crippen LogP contribution in [0.25, 0.3) is 0 Å². The second-order valence-corrected chi connectivity index (χ2v) is 8.40. The van der Waals surface area contributed by atoms with Crippen LogP contribution >= 0.6 is 0 Å². The number of hydrogen-bond donors (Lipinski definition) is 1. The van der Waals surface area contributed by atoms with Gasteiger partial charge in [0.2, 0.25) is 5.91 Å². The summed E-state index contributed by atoms with van der Waals surface area (Å²) in [6.45, 7) is 9.32. The molecule has 0 spiro atoms. The molecule has 0 aliphatic rings. The number of amides is 2. The molecule has 0 aliphatic carbocycles. The maximum atomic E-state index is 13.2. The third kappa shape index (κ3) is 8.03. The minimum Gasteiger partial charge on any atom is -0.484 e. The number of ether oxygens (including phenoxy) is 1. The van der Waals surface area contributed by atoms with Crippen LogP contribution in [-0.4, -0.2) is 42.5 Å². The fourth-order valence-electron chi connectivity index (χ4n) is 3.58. The zero-order valence-corrected chi connectivity index (χ0v) is 20.0. The topological polar surface area (TPSA) is 58.6 Å². The summed E-state index contributed by atoms with van der Waals surface area (Å²) < 4.78 is 5.79. The Morgan fingerprint density at radius 1 is 1.00 bits per heavy atom. The van der Waals surface area contributed by atoms with E-state index in [1.54, 1.807) is 4.90 Å². The number of carbonyl (C=O) groups is 2. The Bertz CT molecular complexity index is 819. The standard InChI is InChI=1S/C27H38N2O3/c1-5-7-18-28-27(31)25(6-2)29(19-17-22-11-9-8-10-12-22)26(30)20-32-24-15-13-23(14-16-24)21(3)4/h8-16,21,25H,5-7,17-20H2,1-4H3,(H,28,31). The number of hydrogen-bond acceptors (Lipinski definition) is 3. The molecule has 0 radical (unpaired) electrons. The first-order chi connectivity index (χ1) is 15.5. The molecule has 5 nitrogen and oxygen atoms in total. The van der Waals surface area contributed by atoms with E-state index in [9.17, 15) is 9.59 Å². The maximum Gasteiger partial charge on any atom is 0.261 e. The minimum absolute atomic E-state index is 0.0887. The van der Waals surface area contributed by atoms with Gasteiger partial charge in [-0.25, -0.2) is 0 Å². The van der Waals surface area contributed by atoms with Crippen molar-refractivity contribution in [2.24, 2.45) is 0 Å². The van der Waals surface area contributed by atoms with Crippen LogP contribution in [0.4, 0.5) is 0 Å². The summed E-state index contributed by atoms with van der Waals surface area (Å²) in [6.07, 6.45) is 3.18. The van der Waals surface area contributed by atoms with Crippen LogP contribution in [0.2, 0.25) is 0 Å². The molecule has 32 heavy (non-hydrogen) atoms. The van der Waals surface area contributed by atoms with Gasteiger partial charge in [0.15, 0.2) is 6.61 Å². The molecule has 2 aromatic carbocycles. The first kappa shape index (κ1) is 25.4. The molecule has 0 fully saturated rings. The molecule has 0 bridgehead atoms. The van der Waals surface area contributed by atoms with E-state index in [1.165, 1.54) is 5.56 Å². The van der Waals surface area contributed by atoms with Gasteiger partial charge in [-0.1, -0.05) is 76.6 Å². The summed E-state index contributed by atoms with van der Waals surface area (Å²) in [4.78, 5) is 27.7. The molecule has 5 heteroatoms. The van der Waals surface area contributed by atoms with Gasteiger partial charge in [0.1, 0.15) is 11.8 Å². The van der Waals surface area contributed by atoms with Crippen molar-refractivity contribution in [3.63, 3.8) is 0 Å². The Hall–Kier alpha value is -2.82. The van der Waals surface area contributed by atoms with Gasteiger partial charge in [0, 0.05) is 13.1 Å². The smallest absolute Gasteiger partial charge is 0.261 e. The first-order valence-electron chi connectivity index (χ1n) is 11.8. The molecule has 174 valence electrons. The third-order valence-electron chi connectivity index (χ3n) is 5.61. The molecular formula is C27H38N2O3. The fraction of sp³-hybridized carbons (Fsp3) is 0.481. The Morgan fingerprint density at radius 2 is 1.69 bits per heavy atom. The number of nitrogens with zero attached hydrogens (tertiary/aromatic N) is 1. The summed E-state index contributed by atoms with van der Waals surface area (Å²) in [6, 6.07) is 17.4. The molecule has 0 saturated heterocycles. The van der Waals surface area contributed by atoms with Crippen LogP contribution in [0.5, 0.6) is 5.75 Å². The lowest BCUT2D eigenvalue weighted by molar-refractivity contribution is -0.142. The normalized spacial score (nSPS) is 11.8. The van der Waals surface area contributed by atoms with Crippen molar-refractivity contribution in [3.05, 3.63) is 65.7 Å². The van der Waals surface area contributed by atoms with Crippen LogP contribution < -0.4 is 10.1 Å². The van der Waals surface area contributed by atoms with E-state index >= 15 is 0 Å². The van der Waals surface area contributed by atoms with Crippen molar-refractivity contribution >= 4 is 11.8 Å². The largest absolute Gasteiger partial charge is 0.484 e. The summed E-state index contributed by atoms with van der Waals surface area (Å²) >= 11 is 0. The van der Waals surface area contributed by atoms with E-state index in [0.29, 0.717) is 37.6 Å². The second kappa shape index (κ2) is 13.6. The quantitative estimate of drug-likeness (QED) is 0.450. The average Bonchev–Trinajstić information content (AvgIpc) is 2.81. The monoisotopic (exact) mass is 438 g/mol. The summed E-state index contributed by atoms with van der Waals surface area (Å²) in [5.41, 5.74) is 2.36. The summed E-state index contributed by atoms with van der Waals surface area (Å²) in [7, 11) is 0. The number of carbonyl (C=O) groups excluding carboxylic acids is 2. The highest BCUT2D eigenvalue weighted by Gasteiger charge is 2.28. The highest BCUT2D eigenvalue weighted by atomic mass is 16.5. The van der Waals surface area contributed by atoms with Gasteiger partial charge in [-0.05, 0) is 48.4 Å². The van der Waals surface area contributed by atoms with Gasteiger partial charge in [-0.2, -0.15) is 0 Å². The van der Waals surface area contributed by atoms with E-state index in [4.69, 9.17) is 4.74 Å². The van der Waals surface area contributed by atoms with Crippen LogP contribution in [0.1, 0.15) is 64.0 Å². The summed E-state index contributed by atoms with van der Waals surface area (Å²) in [5, 5.41) is 2.99. The van der Waals surface area contributed by atoms with E-state index in [0.717, 1.165) is 18.4 Å². The van der Waals surface area contributed by atoms with Gasteiger partial charge in [0.25, 0.3) is 5.91 Å². The lowest BCUT2D eigenvalue weighted by Crippen LogP contribution is -2.51. The zero-order valence-electron chi connectivity index (χ0n) is 20.0. The van der Waals surface area contributed by atoms with Gasteiger partial charge in [-0.15, -0.1) is 0 Å². The number of nitrogens with one attached hydrogen (secondary N) is 1. The Balaban J connectivity index is 2.08. The maximum absolute atomic E-state index is 13.2. The zero-order chi connectivity index (χ0) is 23.3. The van der Waals surface area contributed by atoms with Crippen molar-refractivity contribution in [3.8, 4) is 5.75 Å². The van der Waals surface area contributed by atoms with Crippen molar-refractivity contribution in [2.45, 2.75) is 65.3 Å². The molecule has 2 amide bonds. The lowest BCUT2D eigenvalue weighted by Gasteiger charge is -2.30. The molecular weight excluding hydrogens is 400 g/mol. The third-order valence-corrected chi connectivity index (χ3v) is 5.61. The molecule has 0 saturated carbocycles. The molecule has 1 atom stereocenters. The molecule has 2 aromatic rings. The van der Waals surface area contributed by atoms with Crippen molar-refractivity contribution in [1.29, 1.82) is 0 Å². The van der Waals surface area contributed by atoms with E-state index in [2.05, 4.69) is 26.1 Å². The van der Waals surface area contributed by atoms with Crippen LogP contribution in [0.15, 0.2) is 54.6 Å². The molecule has 0 heterocycles. The summed E-state index contributed by atoms with van der Waals surface area (Å²) in [5.74, 6) is 0.830. The highest BCUT2D eigenvalue weighted by molar-refractivity contribution is 5.88. The molecule has 0 aromatic heterocycles. The Labute approximate surface area is 193 Å². The van der Waals surface area contributed by atoms with Crippen LogP contribution in [0.3, 0.4) is 0 Å². The average molecular weight is 439 g/mol. The van der Waals surface area contributed by atoms with E-state index in [1.807, 2.05) is 61.5 Å². The number of rotatable bonds is 13. The van der Waals surface area contributed by atoms with Crippen molar-refractivity contribution in [2.75, 3.05) is 19.7 Å². The predicted octanol–water partition coefficient (Wildman–Crippen LogP) is 4.96. The number of benzene rings is 2. The minimum atomic E-state index is -0.505. The molecule has 1 N–H and O–H groups in total. The van der Waals surface area contributed by atoms with Crippen molar-refractivity contribution < 1.29 is 14.3 Å². The Morgan fingerprint density at radius 3 is 2.28 bits per heavy atom. The van der Waals surface area contributed by atoms with Gasteiger partial charge in [0.05, 0.1) is 0 Å². The first-order valence-corrected chi connectivity index (χ1v) is 11.8. The van der Waals surface area contributed by atoms with Crippen LogP contribution in [-0.2, 0) is 16.0 Å². The fourth-order valence-corrected chi connectivity index (χ4v) is 3.58. The molecule has 0 aliphatic heterocycles. The van der Waals surface area contributed by atoms with Gasteiger partial charge in [-0.3, -0.25) is 9.59 Å². The lowest BCUT2D eigenvalue weighted by atomic mass is 10.0. The Kier molecular flexibility index (Phi) is 10.8. The van der Waals surface area contributed by atoms with E-state index < -0.39 is 6.04 Å². The highest BCUT2D eigenvalue weighted by Crippen LogP contribution is 2.19. The van der Waals surface area contributed by atoms with Gasteiger partial charge >= 0.3 is 0 Å². The molecule has 2 rings (SSSR count). The number of unbranched alkanes of at least 4 members (excludes halogenated alkanes) is 1. The van der Waals surface area contributed by atoms with Crippen LogP contribution in [0, 0.1) is 0 Å². The predicted molar refractivity (Wildman–Crippen MR) is 130 cm³/mol. The second-order valence-electron chi connectivity index (χ2n) is 8.40.